The smallest absolute Gasteiger partial charge is 0.0753 e. The molecule has 0 saturated carbocycles. The molecule has 0 aromatic heterocycles. The Bertz CT molecular complexity index is 414. The van der Waals surface area contributed by atoms with Gasteiger partial charge in [0.15, 0.2) is 0 Å². The molecule has 2 rings (SSSR count). The summed E-state index contributed by atoms with van der Waals surface area (Å²) >= 11 is 0. The average molecular weight is 276 g/mol. The fourth-order valence-electron chi connectivity index (χ4n) is 2.87. The molecule has 1 fully saturated rings. The lowest BCUT2D eigenvalue weighted by atomic mass is 10.0. The van der Waals surface area contributed by atoms with Crippen LogP contribution in [0, 0.1) is 0 Å². The lowest BCUT2D eigenvalue weighted by Gasteiger charge is -2.39. The van der Waals surface area contributed by atoms with Crippen molar-refractivity contribution in [2.75, 3.05) is 26.2 Å². The van der Waals surface area contributed by atoms with Crippen molar-refractivity contribution in [3.8, 4) is 0 Å². The molecule has 1 aromatic rings. The van der Waals surface area contributed by atoms with Crippen LogP contribution >= 0.6 is 0 Å². The Morgan fingerprint density at radius 2 is 2.00 bits per heavy atom. The van der Waals surface area contributed by atoms with E-state index in [0.717, 1.165) is 32.7 Å². The van der Waals surface area contributed by atoms with Crippen LogP contribution in [0.4, 0.5) is 0 Å². The second-order valence-electron chi connectivity index (χ2n) is 6.44. The predicted octanol–water partition coefficient (Wildman–Crippen LogP) is 2.75. The molecule has 1 aliphatic heterocycles. The molecular formula is C17H28N2O. The first-order valence-electron chi connectivity index (χ1n) is 7.71. The molecule has 1 atom stereocenters. The van der Waals surface area contributed by atoms with E-state index < -0.39 is 0 Å². The summed E-state index contributed by atoms with van der Waals surface area (Å²) < 4.78 is 5.74. The number of morpholine rings is 1. The van der Waals surface area contributed by atoms with Gasteiger partial charge >= 0.3 is 0 Å². The van der Waals surface area contributed by atoms with E-state index in [2.05, 4.69) is 49.9 Å². The molecule has 1 aliphatic rings. The van der Waals surface area contributed by atoms with Crippen LogP contribution in [0.3, 0.4) is 0 Å². The monoisotopic (exact) mass is 276 g/mol. The van der Waals surface area contributed by atoms with Crippen molar-refractivity contribution >= 4 is 0 Å². The van der Waals surface area contributed by atoms with Crippen molar-refractivity contribution < 1.29 is 4.74 Å². The Morgan fingerprint density at radius 1 is 1.30 bits per heavy atom. The second kappa shape index (κ2) is 6.70. The maximum atomic E-state index is 6.36. The summed E-state index contributed by atoms with van der Waals surface area (Å²) in [6.07, 6.45) is 2.33. The largest absolute Gasteiger partial charge is 0.373 e. The van der Waals surface area contributed by atoms with Crippen LogP contribution in [-0.4, -0.2) is 36.7 Å². The number of hydrogen-bond acceptors (Lipinski definition) is 3. The Morgan fingerprint density at radius 3 is 2.60 bits per heavy atom. The molecule has 1 saturated heterocycles. The zero-order chi connectivity index (χ0) is 14.6. The highest BCUT2D eigenvalue weighted by Gasteiger charge is 2.27. The van der Waals surface area contributed by atoms with E-state index in [9.17, 15) is 0 Å². The maximum Gasteiger partial charge on any atom is 0.0753 e. The van der Waals surface area contributed by atoms with E-state index >= 15 is 0 Å². The van der Waals surface area contributed by atoms with Crippen LogP contribution in [0.15, 0.2) is 24.3 Å². The lowest BCUT2D eigenvalue weighted by Crippen LogP contribution is -2.50. The van der Waals surface area contributed by atoms with Crippen LogP contribution in [0.1, 0.15) is 44.4 Å². The summed E-state index contributed by atoms with van der Waals surface area (Å²) in [4.78, 5) is 2.41. The Kier molecular flexibility index (Phi) is 5.19. The SMILES string of the molecule is CCCc1ccc(C(N)CN2CCOC(C)(C)C2)cc1. The van der Waals surface area contributed by atoms with Gasteiger partial charge in [0, 0.05) is 25.7 Å². The van der Waals surface area contributed by atoms with Gasteiger partial charge in [0.1, 0.15) is 0 Å². The third kappa shape index (κ3) is 4.30. The highest BCUT2D eigenvalue weighted by Crippen LogP contribution is 2.20. The lowest BCUT2D eigenvalue weighted by molar-refractivity contribution is -0.0869. The minimum absolute atomic E-state index is 0.0526. The van der Waals surface area contributed by atoms with Gasteiger partial charge in [0.05, 0.1) is 12.2 Å². The normalized spacial score (nSPS) is 20.8. The molecular weight excluding hydrogens is 248 g/mol. The Labute approximate surface area is 123 Å². The number of aryl methyl sites for hydroxylation is 1. The highest BCUT2D eigenvalue weighted by molar-refractivity contribution is 5.25. The van der Waals surface area contributed by atoms with E-state index in [0.29, 0.717) is 0 Å². The summed E-state index contributed by atoms with van der Waals surface area (Å²) in [5.74, 6) is 0. The summed E-state index contributed by atoms with van der Waals surface area (Å²) in [7, 11) is 0. The second-order valence-corrected chi connectivity index (χ2v) is 6.44. The Hall–Kier alpha value is -0.900. The van der Waals surface area contributed by atoms with E-state index in [4.69, 9.17) is 10.5 Å². The number of rotatable bonds is 5. The van der Waals surface area contributed by atoms with Crippen LogP contribution < -0.4 is 5.73 Å². The van der Waals surface area contributed by atoms with Gasteiger partial charge in [-0.15, -0.1) is 0 Å². The molecule has 3 nitrogen and oxygen atoms in total. The van der Waals surface area contributed by atoms with Crippen molar-refractivity contribution in [3.63, 3.8) is 0 Å². The predicted molar refractivity (Wildman–Crippen MR) is 83.8 cm³/mol. The van der Waals surface area contributed by atoms with Crippen LogP contribution in [0.5, 0.6) is 0 Å². The van der Waals surface area contributed by atoms with Gasteiger partial charge in [0.25, 0.3) is 0 Å². The average Bonchev–Trinajstić information content (AvgIpc) is 2.38. The van der Waals surface area contributed by atoms with E-state index in [1.807, 2.05) is 0 Å². The fraction of sp³-hybridized carbons (Fsp3) is 0.647. The number of hydrogen-bond donors (Lipinski definition) is 1. The quantitative estimate of drug-likeness (QED) is 0.898. The molecule has 0 aliphatic carbocycles. The topological polar surface area (TPSA) is 38.5 Å². The van der Waals surface area contributed by atoms with Gasteiger partial charge in [-0.25, -0.2) is 0 Å². The summed E-state index contributed by atoms with van der Waals surface area (Å²) in [5.41, 5.74) is 8.93. The summed E-state index contributed by atoms with van der Waals surface area (Å²) in [6.45, 7) is 10.1. The van der Waals surface area contributed by atoms with Crippen molar-refractivity contribution in [2.45, 2.75) is 45.3 Å². The molecule has 0 radical (unpaired) electrons. The molecule has 3 heteroatoms. The van der Waals surface area contributed by atoms with Gasteiger partial charge in [-0.1, -0.05) is 37.6 Å². The van der Waals surface area contributed by atoms with Gasteiger partial charge in [-0.3, -0.25) is 4.90 Å². The number of nitrogens with zero attached hydrogens (tertiary/aromatic N) is 1. The zero-order valence-electron chi connectivity index (χ0n) is 13.1. The summed E-state index contributed by atoms with van der Waals surface area (Å²) in [5, 5.41) is 0. The first-order valence-corrected chi connectivity index (χ1v) is 7.71. The molecule has 0 spiro atoms. The molecule has 1 unspecified atom stereocenters. The van der Waals surface area contributed by atoms with E-state index in [1.54, 1.807) is 0 Å². The number of ether oxygens (including phenoxy) is 1. The van der Waals surface area contributed by atoms with Crippen LogP contribution in [0.25, 0.3) is 0 Å². The third-order valence-electron chi connectivity index (χ3n) is 3.91. The fourth-order valence-corrected chi connectivity index (χ4v) is 2.87. The number of benzene rings is 1. The zero-order valence-corrected chi connectivity index (χ0v) is 13.1. The molecule has 2 N–H and O–H groups in total. The van der Waals surface area contributed by atoms with Crippen LogP contribution in [-0.2, 0) is 11.2 Å². The maximum absolute atomic E-state index is 6.36. The van der Waals surface area contributed by atoms with Crippen LogP contribution in [0.2, 0.25) is 0 Å². The Balaban J connectivity index is 1.92. The van der Waals surface area contributed by atoms with Crippen molar-refractivity contribution in [1.82, 2.24) is 4.90 Å². The third-order valence-corrected chi connectivity index (χ3v) is 3.91. The number of nitrogens with two attached hydrogens (primary N) is 1. The first kappa shape index (κ1) is 15.5. The van der Waals surface area contributed by atoms with Gasteiger partial charge in [-0.05, 0) is 31.4 Å². The van der Waals surface area contributed by atoms with Crippen molar-refractivity contribution in [2.24, 2.45) is 5.73 Å². The molecule has 1 aromatic carbocycles. The standard InChI is InChI=1S/C17H28N2O/c1-4-5-14-6-8-15(9-7-14)16(18)12-19-10-11-20-17(2,3)13-19/h6-9,16H,4-5,10-13,18H2,1-3H3. The minimum atomic E-state index is -0.0526. The van der Waals surface area contributed by atoms with Crippen molar-refractivity contribution in [1.29, 1.82) is 0 Å². The van der Waals surface area contributed by atoms with E-state index in [1.165, 1.54) is 17.5 Å². The van der Waals surface area contributed by atoms with Gasteiger partial charge in [-0.2, -0.15) is 0 Å². The molecule has 112 valence electrons. The first-order chi connectivity index (χ1) is 9.50. The van der Waals surface area contributed by atoms with E-state index in [-0.39, 0.29) is 11.6 Å². The highest BCUT2D eigenvalue weighted by atomic mass is 16.5. The van der Waals surface area contributed by atoms with Crippen molar-refractivity contribution in [3.05, 3.63) is 35.4 Å². The minimum Gasteiger partial charge on any atom is -0.373 e. The molecule has 0 bridgehead atoms. The van der Waals surface area contributed by atoms with Gasteiger partial charge in [0.2, 0.25) is 0 Å². The summed E-state index contributed by atoms with van der Waals surface area (Å²) in [6, 6.07) is 8.87. The molecule has 20 heavy (non-hydrogen) atoms. The van der Waals surface area contributed by atoms with Gasteiger partial charge < -0.3 is 10.5 Å². The molecule has 0 amide bonds. The molecule has 1 heterocycles.